The number of pyridine rings is 1. The first-order valence-corrected chi connectivity index (χ1v) is 7.71. The number of hydrogen-bond acceptors (Lipinski definition) is 5. The number of carbonyl (C=O) groups excluding carboxylic acids is 1. The Balaban J connectivity index is 1.69. The molecule has 0 aliphatic rings. The van der Waals surface area contributed by atoms with E-state index < -0.39 is 0 Å². The van der Waals surface area contributed by atoms with E-state index in [4.69, 9.17) is 21.1 Å². The number of anilines is 1. The standard InChI is InChI=1S/C17H15ClN4O3/c1-22-16(14(18)10-20-22)17(23)21-11-6-7-15(19-9-11)25-13-5-3-4-12(8-13)24-2/h3-10H,1-2H3,(H,21,23). The quantitative estimate of drug-likeness (QED) is 0.755. The third-order valence-electron chi connectivity index (χ3n) is 3.37. The number of aromatic nitrogens is 3. The minimum atomic E-state index is -0.367. The van der Waals surface area contributed by atoms with Crippen LogP contribution in [-0.4, -0.2) is 27.8 Å². The van der Waals surface area contributed by atoms with Crippen molar-refractivity contribution in [3.8, 4) is 17.4 Å². The molecule has 3 rings (SSSR count). The minimum absolute atomic E-state index is 0.276. The Labute approximate surface area is 149 Å². The van der Waals surface area contributed by atoms with Crippen LogP contribution in [0.15, 0.2) is 48.8 Å². The van der Waals surface area contributed by atoms with E-state index in [1.165, 1.54) is 17.1 Å². The molecule has 0 saturated heterocycles. The van der Waals surface area contributed by atoms with Crippen molar-refractivity contribution in [1.29, 1.82) is 0 Å². The van der Waals surface area contributed by atoms with E-state index >= 15 is 0 Å². The second-order valence-corrected chi connectivity index (χ2v) is 5.49. The molecule has 2 aromatic heterocycles. The number of hydrogen-bond donors (Lipinski definition) is 1. The highest BCUT2D eigenvalue weighted by molar-refractivity contribution is 6.34. The van der Waals surface area contributed by atoms with Crippen molar-refractivity contribution in [3.63, 3.8) is 0 Å². The SMILES string of the molecule is COc1cccc(Oc2ccc(NC(=O)c3c(Cl)cnn3C)cn2)c1. The summed E-state index contributed by atoms with van der Waals surface area (Å²) in [5, 5.41) is 6.93. The van der Waals surface area contributed by atoms with E-state index in [0.717, 1.165) is 0 Å². The summed E-state index contributed by atoms with van der Waals surface area (Å²) in [6.45, 7) is 0. The lowest BCUT2D eigenvalue weighted by Crippen LogP contribution is -2.16. The highest BCUT2D eigenvalue weighted by Gasteiger charge is 2.15. The van der Waals surface area contributed by atoms with E-state index in [0.29, 0.717) is 23.1 Å². The molecule has 25 heavy (non-hydrogen) atoms. The maximum absolute atomic E-state index is 12.2. The predicted octanol–water partition coefficient (Wildman–Crippen LogP) is 3.52. The number of halogens is 1. The molecule has 0 saturated carbocycles. The van der Waals surface area contributed by atoms with Gasteiger partial charge in [0.15, 0.2) is 0 Å². The molecule has 128 valence electrons. The molecule has 2 heterocycles. The van der Waals surface area contributed by atoms with E-state index in [9.17, 15) is 4.79 Å². The average Bonchev–Trinajstić information content (AvgIpc) is 2.95. The Morgan fingerprint density at radius 2 is 2.00 bits per heavy atom. The minimum Gasteiger partial charge on any atom is -0.497 e. The lowest BCUT2D eigenvalue weighted by Gasteiger charge is -2.08. The first kappa shape index (κ1) is 16.8. The Hall–Kier alpha value is -3.06. The van der Waals surface area contributed by atoms with Crippen LogP contribution in [-0.2, 0) is 7.05 Å². The zero-order valence-corrected chi connectivity index (χ0v) is 14.3. The summed E-state index contributed by atoms with van der Waals surface area (Å²) in [4.78, 5) is 16.4. The van der Waals surface area contributed by atoms with Gasteiger partial charge in [-0.2, -0.15) is 5.10 Å². The summed E-state index contributed by atoms with van der Waals surface area (Å²) in [7, 11) is 3.23. The molecule has 1 aromatic carbocycles. The molecule has 0 unspecified atom stereocenters. The molecular weight excluding hydrogens is 344 g/mol. The average molecular weight is 359 g/mol. The predicted molar refractivity (Wildman–Crippen MR) is 93.5 cm³/mol. The number of rotatable bonds is 5. The molecular formula is C17H15ClN4O3. The third-order valence-corrected chi connectivity index (χ3v) is 3.64. The summed E-state index contributed by atoms with van der Waals surface area (Å²) in [6.07, 6.45) is 2.91. The van der Waals surface area contributed by atoms with Crippen LogP contribution in [0.5, 0.6) is 17.4 Å². The van der Waals surface area contributed by atoms with Gasteiger partial charge in [-0.05, 0) is 18.2 Å². The highest BCUT2D eigenvalue weighted by Crippen LogP contribution is 2.24. The van der Waals surface area contributed by atoms with Crippen molar-refractivity contribution in [1.82, 2.24) is 14.8 Å². The fraction of sp³-hybridized carbons (Fsp3) is 0.118. The van der Waals surface area contributed by atoms with Crippen LogP contribution in [0.3, 0.4) is 0 Å². The van der Waals surface area contributed by atoms with Gasteiger partial charge in [-0.1, -0.05) is 17.7 Å². The van der Waals surface area contributed by atoms with Crippen molar-refractivity contribution < 1.29 is 14.3 Å². The maximum Gasteiger partial charge on any atom is 0.275 e. The summed E-state index contributed by atoms with van der Waals surface area (Å²) < 4.78 is 12.2. The van der Waals surface area contributed by atoms with Gasteiger partial charge in [0.25, 0.3) is 5.91 Å². The molecule has 0 radical (unpaired) electrons. The monoisotopic (exact) mass is 358 g/mol. The van der Waals surface area contributed by atoms with Gasteiger partial charge in [-0.15, -0.1) is 0 Å². The summed E-state index contributed by atoms with van der Waals surface area (Å²) >= 11 is 5.96. The van der Waals surface area contributed by atoms with Crippen LogP contribution in [0.25, 0.3) is 0 Å². The largest absolute Gasteiger partial charge is 0.497 e. The van der Waals surface area contributed by atoms with Crippen molar-refractivity contribution in [2.45, 2.75) is 0 Å². The van der Waals surface area contributed by atoms with E-state index in [1.807, 2.05) is 12.1 Å². The first-order valence-electron chi connectivity index (χ1n) is 7.33. The fourth-order valence-electron chi connectivity index (χ4n) is 2.16. The zero-order valence-electron chi connectivity index (χ0n) is 13.6. The molecule has 1 amide bonds. The van der Waals surface area contributed by atoms with E-state index in [1.54, 1.807) is 38.4 Å². The molecule has 0 fully saturated rings. The highest BCUT2D eigenvalue weighted by atomic mass is 35.5. The van der Waals surface area contributed by atoms with Crippen molar-refractivity contribution in [2.24, 2.45) is 7.05 Å². The van der Waals surface area contributed by atoms with Crippen LogP contribution in [0, 0.1) is 0 Å². The Morgan fingerprint density at radius 3 is 2.64 bits per heavy atom. The van der Waals surface area contributed by atoms with Crippen molar-refractivity contribution >= 4 is 23.2 Å². The molecule has 0 aliphatic carbocycles. The smallest absolute Gasteiger partial charge is 0.275 e. The van der Waals surface area contributed by atoms with Gasteiger partial charge in [-0.25, -0.2) is 4.98 Å². The van der Waals surface area contributed by atoms with Crippen molar-refractivity contribution in [3.05, 3.63) is 59.5 Å². The molecule has 8 heteroatoms. The second-order valence-electron chi connectivity index (χ2n) is 5.09. The van der Waals surface area contributed by atoms with Gasteiger partial charge in [0.1, 0.15) is 17.2 Å². The number of amides is 1. The first-order chi connectivity index (χ1) is 12.1. The van der Waals surface area contributed by atoms with Crippen LogP contribution >= 0.6 is 11.6 Å². The molecule has 7 nitrogen and oxygen atoms in total. The molecule has 0 bridgehead atoms. The maximum atomic E-state index is 12.2. The Morgan fingerprint density at radius 1 is 1.20 bits per heavy atom. The number of benzene rings is 1. The molecule has 3 aromatic rings. The Kier molecular flexibility index (Phi) is 4.85. The number of nitrogens with one attached hydrogen (secondary N) is 1. The van der Waals surface area contributed by atoms with Gasteiger partial charge in [-0.3, -0.25) is 9.48 Å². The molecule has 1 N–H and O–H groups in total. The summed E-state index contributed by atoms with van der Waals surface area (Å²) in [5.74, 6) is 1.32. The normalized spacial score (nSPS) is 10.4. The van der Waals surface area contributed by atoms with Crippen LogP contribution < -0.4 is 14.8 Å². The van der Waals surface area contributed by atoms with Gasteiger partial charge in [0.2, 0.25) is 5.88 Å². The number of carbonyl (C=O) groups is 1. The third kappa shape index (κ3) is 3.89. The van der Waals surface area contributed by atoms with Gasteiger partial charge >= 0.3 is 0 Å². The lowest BCUT2D eigenvalue weighted by atomic mass is 10.3. The summed E-state index contributed by atoms with van der Waals surface area (Å²) in [6, 6.07) is 10.5. The molecule has 0 spiro atoms. The molecule has 0 atom stereocenters. The fourth-order valence-corrected chi connectivity index (χ4v) is 2.41. The number of ether oxygens (including phenoxy) is 2. The van der Waals surface area contributed by atoms with Crippen molar-refractivity contribution in [2.75, 3.05) is 12.4 Å². The van der Waals surface area contributed by atoms with Crippen LogP contribution in [0.2, 0.25) is 5.02 Å². The number of nitrogens with zero attached hydrogens (tertiary/aromatic N) is 3. The van der Waals surface area contributed by atoms with Crippen LogP contribution in [0.1, 0.15) is 10.5 Å². The van der Waals surface area contributed by atoms with E-state index in [2.05, 4.69) is 15.4 Å². The van der Waals surface area contributed by atoms with Crippen LogP contribution in [0.4, 0.5) is 5.69 Å². The van der Waals surface area contributed by atoms with Gasteiger partial charge < -0.3 is 14.8 Å². The number of aryl methyl sites for hydroxylation is 1. The topological polar surface area (TPSA) is 78.3 Å². The van der Waals surface area contributed by atoms with E-state index in [-0.39, 0.29) is 16.6 Å². The number of methoxy groups -OCH3 is 1. The van der Waals surface area contributed by atoms with Gasteiger partial charge in [0, 0.05) is 19.2 Å². The van der Waals surface area contributed by atoms with Gasteiger partial charge in [0.05, 0.1) is 30.2 Å². The zero-order chi connectivity index (χ0) is 17.8. The summed E-state index contributed by atoms with van der Waals surface area (Å²) in [5.41, 5.74) is 0.790. The lowest BCUT2D eigenvalue weighted by molar-refractivity contribution is 0.101. The Bertz CT molecular complexity index is 874. The second kappa shape index (κ2) is 7.23. The molecule has 0 aliphatic heterocycles.